The largest absolute Gasteiger partial charge is 0.461 e. The number of esters is 1. The molecule has 2 aliphatic rings. The maximum absolute atomic E-state index is 15.4. The van der Waals surface area contributed by atoms with Crippen molar-refractivity contribution in [3.05, 3.63) is 87.7 Å². The summed E-state index contributed by atoms with van der Waals surface area (Å²) in [5.41, 5.74) is 10.9. The van der Waals surface area contributed by atoms with E-state index in [9.17, 15) is 14.4 Å². The number of pyridine rings is 1. The molecule has 1 fully saturated rings. The van der Waals surface area contributed by atoms with Crippen LogP contribution in [0.3, 0.4) is 0 Å². The summed E-state index contributed by atoms with van der Waals surface area (Å²) >= 11 is 0. The summed E-state index contributed by atoms with van der Waals surface area (Å²) in [6.45, 7) is 4.50. The van der Waals surface area contributed by atoms with Crippen molar-refractivity contribution in [2.24, 2.45) is 0 Å². The zero-order valence-corrected chi connectivity index (χ0v) is 27.4. The second-order valence-electron chi connectivity index (χ2n) is 12.6. The van der Waals surface area contributed by atoms with Gasteiger partial charge in [0.05, 0.1) is 23.4 Å². The maximum atomic E-state index is 15.4. The molecule has 1 aliphatic carbocycles. The van der Waals surface area contributed by atoms with E-state index in [2.05, 4.69) is 15.0 Å². The van der Waals surface area contributed by atoms with E-state index in [-0.39, 0.29) is 24.0 Å². The van der Waals surface area contributed by atoms with Crippen LogP contribution in [0.1, 0.15) is 68.7 Å². The summed E-state index contributed by atoms with van der Waals surface area (Å²) in [5, 5.41) is 1.20. The molecule has 1 amide bonds. The second kappa shape index (κ2) is 13.2. The average Bonchev–Trinajstić information content (AvgIpc) is 3.86. The number of halogens is 1. The summed E-state index contributed by atoms with van der Waals surface area (Å²) in [4.78, 5) is 52.5. The van der Waals surface area contributed by atoms with Crippen LogP contribution in [0, 0.1) is 5.82 Å². The van der Waals surface area contributed by atoms with Crippen molar-refractivity contribution in [3.8, 4) is 16.9 Å². The van der Waals surface area contributed by atoms with Crippen molar-refractivity contribution in [1.82, 2.24) is 24.4 Å². The van der Waals surface area contributed by atoms with Gasteiger partial charge in [-0.15, -0.1) is 0 Å². The molecule has 3 aromatic heterocycles. The van der Waals surface area contributed by atoms with Gasteiger partial charge in [0.25, 0.3) is 5.56 Å². The summed E-state index contributed by atoms with van der Waals surface area (Å²) < 4.78 is 27.7. The number of rotatable bonds is 9. The highest BCUT2D eigenvalue weighted by Gasteiger charge is 2.26. The number of ether oxygens (including phenoxy) is 2. The molecule has 49 heavy (non-hydrogen) atoms. The lowest BCUT2D eigenvalue weighted by Gasteiger charge is -2.25. The zero-order valence-electron chi connectivity index (χ0n) is 27.4. The van der Waals surface area contributed by atoms with Crippen LogP contribution in [0.25, 0.3) is 44.3 Å². The summed E-state index contributed by atoms with van der Waals surface area (Å²) in [6, 6.07) is 12.3. The molecule has 0 saturated heterocycles. The Labute approximate surface area is 281 Å². The first kappa shape index (κ1) is 32.0. The van der Waals surface area contributed by atoms with E-state index in [4.69, 9.17) is 15.2 Å². The third kappa shape index (κ3) is 6.38. The Morgan fingerprint density at radius 3 is 2.69 bits per heavy atom. The second-order valence-corrected chi connectivity index (χ2v) is 12.6. The minimum absolute atomic E-state index is 0.00627. The molecule has 252 valence electrons. The SMILES string of the molecule is CCCCOC(=O)N1CC=C(c2cc3c(-c4cccc(-n5ccc6cc(C7CC7)cc(F)c6c5=O)c4COC(C)=O)nc(N)nc3[nH]2)CC1. The van der Waals surface area contributed by atoms with Gasteiger partial charge in [-0.25, -0.2) is 14.2 Å². The molecule has 0 unspecified atom stereocenters. The van der Waals surface area contributed by atoms with Gasteiger partial charge in [0.1, 0.15) is 18.1 Å². The predicted molar refractivity (Wildman–Crippen MR) is 185 cm³/mol. The Bertz CT molecular complexity index is 2200. The fourth-order valence-corrected chi connectivity index (χ4v) is 6.42. The predicted octanol–water partition coefficient (Wildman–Crippen LogP) is 6.62. The maximum Gasteiger partial charge on any atom is 0.410 e. The van der Waals surface area contributed by atoms with E-state index in [1.165, 1.54) is 17.6 Å². The molecule has 0 bridgehead atoms. The summed E-state index contributed by atoms with van der Waals surface area (Å²) in [5.74, 6) is -0.707. The number of H-pyrrole nitrogens is 1. The molecule has 5 aromatic rings. The Morgan fingerprint density at radius 1 is 1.12 bits per heavy atom. The average molecular weight is 665 g/mol. The smallest absolute Gasteiger partial charge is 0.410 e. The number of hydrogen-bond donors (Lipinski definition) is 2. The van der Waals surface area contributed by atoms with Crippen LogP contribution in [0.2, 0.25) is 0 Å². The fourth-order valence-electron chi connectivity index (χ4n) is 6.42. The van der Waals surface area contributed by atoms with Crippen LogP contribution >= 0.6 is 0 Å². The molecule has 0 spiro atoms. The van der Waals surface area contributed by atoms with E-state index in [0.717, 1.165) is 42.5 Å². The van der Waals surface area contributed by atoms with Crippen LogP contribution in [0.5, 0.6) is 0 Å². The van der Waals surface area contributed by atoms with Gasteiger partial charge < -0.3 is 25.1 Å². The molecule has 0 radical (unpaired) electrons. The van der Waals surface area contributed by atoms with E-state index in [0.29, 0.717) is 71.0 Å². The lowest BCUT2D eigenvalue weighted by Crippen LogP contribution is -2.35. The summed E-state index contributed by atoms with van der Waals surface area (Å²) in [6.07, 6.45) is 7.69. The van der Waals surface area contributed by atoms with Gasteiger partial charge in [-0.3, -0.25) is 14.2 Å². The first-order valence-corrected chi connectivity index (χ1v) is 16.6. The highest BCUT2D eigenvalue weighted by molar-refractivity contribution is 5.95. The molecular formula is C37H37FN6O5. The number of hydrogen-bond acceptors (Lipinski definition) is 8. The van der Waals surface area contributed by atoms with E-state index in [1.807, 2.05) is 31.2 Å². The number of carbonyl (C=O) groups excluding carboxylic acids is 2. The third-order valence-electron chi connectivity index (χ3n) is 9.15. The highest BCUT2D eigenvalue weighted by Crippen LogP contribution is 2.41. The third-order valence-corrected chi connectivity index (χ3v) is 9.15. The molecule has 11 nitrogen and oxygen atoms in total. The van der Waals surface area contributed by atoms with Crippen LogP contribution in [-0.2, 0) is 20.9 Å². The van der Waals surface area contributed by atoms with Crippen molar-refractivity contribution < 1.29 is 23.5 Å². The van der Waals surface area contributed by atoms with E-state index >= 15 is 4.39 Å². The Morgan fingerprint density at radius 2 is 1.96 bits per heavy atom. The molecule has 1 aliphatic heterocycles. The van der Waals surface area contributed by atoms with Gasteiger partial charge in [0, 0.05) is 48.4 Å². The van der Waals surface area contributed by atoms with E-state index < -0.39 is 17.3 Å². The number of anilines is 1. The van der Waals surface area contributed by atoms with Gasteiger partial charge in [-0.1, -0.05) is 37.6 Å². The number of nitrogens with zero attached hydrogens (tertiary/aromatic N) is 4. The number of benzene rings is 2. The van der Waals surface area contributed by atoms with Crippen molar-refractivity contribution in [3.63, 3.8) is 0 Å². The van der Waals surface area contributed by atoms with Crippen LogP contribution in [0.15, 0.2) is 59.5 Å². The van der Waals surface area contributed by atoms with Gasteiger partial charge in [-0.05, 0) is 72.4 Å². The number of unbranched alkanes of at least 4 members (excludes halogenated alkanes) is 1. The number of nitrogens with two attached hydrogens (primary N) is 1. The number of nitrogen functional groups attached to an aromatic ring is 1. The number of amides is 1. The molecule has 12 heteroatoms. The van der Waals surface area contributed by atoms with Crippen molar-refractivity contribution in [2.75, 3.05) is 25.4 Å². The fraction of sp³-hybridized carbons (Fsp3) is 0.324. The topological polar surface area (TPSA) is 145 Å². The number of aromatic nitrogens is 4. The lowest BCUT2D eigenvalue weighted by molar-refractivity contribution is -0.142. The first-order valence-electron chi connectivity index (χ1n) is 16.6. The van der Waals surface area contributed by atoms with Crippen LogP contribution in [0.4, 0.5) is 15.1 Å². The molecule has 3 N–H and O–H groups in total. The molecule has 4 heterocycles. The number of aromatic amines is 1. The van der Waals surface area contributed by atoms with Crippen LogP contribution in [-0.4, -0.2) is 56.2 Å². The van der Waals surface area contributed by atoms with Gasteiger partial charge in [0.15, 0.2) is 0 Å². The minimum Gasteiger partial charge on any atom is -0.461 e. The van der Waals surface area contributed by atoms with Crippen molar-refractivity contribution >= 4 is 45.4 Å². The minimum atomic E-state index is -0.560. The normalized spacial score (nSPS) is 14.7. The Hall–Kier alpha value is -5.52. The molecular weight excluding hydrogens is 627 g/mol. The molecule has 1 saturated carbocycles. The standard InChI is InChI=1S/C37H37FN6O5/c1-3-4-16-48-37(47)43-13-10-23(11-14-43)30-19-27-33(41-36(39)42-34(27)40-30)26-6-5-7-31(28(26)20-49-21(2)45)44-15-12-24-17-25(22-8-9-22)18-29(38)32(24)35(44)46/h5-7,10,12,15,17-19,22H,3-4,8-9,11,13-14,16,20H2,1-2H3,(H3,39,40,41,42). The molecule has 7 rings (SSSR count). The zero-order chi connectivity index (χ0) is 34.2. The quantitative estimate of drug-likeness (QED) is 0.132. The number of fused-ring (bicyclic) bond motifs is 2. The van der Waals surface area contributed by atoms with Crippen LogP contribution < -0.4 is 11.3 Å². The van der Waals surface area contributed by atoms with Gasteiger partial charge >= 0.3 is 12.1 Å². The summed E-state index contributed by atoms with van der Waals surface area (Å²) in [7, 11) is 0. The van der Waals surface area contributed by atoms with Gasteiger partial charge in [0.2, 0.25) is 5.95 Å². The number of carbonyl (C=O) groups is 2. The van der Waals surface area contributed by atoms with Gasteiger partial charge in [-0.2, -0.15) is 4.98 Å². The van der Waals surface area contributed by atoms with Crippen molar-refractivity contribution in [2.45, 2.75) is 58.5 Å². The Balaban J connectivity index is 1.29. The highest BCUT2D eigenvalue weighted by atomic mass is 19.1. The monoisotopic (exact) mass is 664 g/mol. The molecule has 0 atom stereocenters. The molecule has 2 aromatic carbocycles. The van der Waals surface area contributed by atoms with E-state index in [1.54, 1.807) is 29.3 Å². The lowest BCUT2D eigenvalue weighted by atomic mass is 9.99. The Kier molecular flexibility index (Phi) is 8.62. The van der Waals surface area contributed by atoms with Crippen molar-refractivity contribution in [1.29, 1.82) is 0 Å². The first-order chi connectivity index (χ1) is 23.7. The number of nitrogens with one attached hydrogen (secondary N) is 1.